The molecule has 7 heteroatoms. The Balaban J connectivity index is 1.98. The summed E-state index contributed by atoms with van der Waals surface area (Å²) in [6.07, 6.45) is 7.06. The molecule has 0 aliphatic heterocycles. The number of aromatic nitrogens is 1. The van der Waals surface area contributed by atoms with E-state index >= 15 is 0 Å². The standard InChI is InChI=1S/C19H30N4O2S/c1-5-20-19(21-12-11-15-9-7-8-10-15)23-14(4)17-22-13(3)16(26-17)18(24)25-6-2/h9,14H,5-8,10-12H2,1-4H3,(H2,20,21,23). The summed E-state index contributed by atoms with van der Waals surface area (Å²) in [5.74, 6) is 0.482. The lowest BCUT2D eigenvalue weighted by atomic mass is 10.2. The van der Waals surface area contributed by atoms with Gasteiger partial charge in [0.15, 0.2) is 5.96 Å². The molecule has 1 heterocycles. The first-order chi connectivity index (χ1) is 12.5. The van der Waals surface area contributed by atoms with Crippen LogP contribution in [0.4, 0.5) is 0 Å². The van der Waals surface area contributed by atoms with Gasteiger partial charge in [0.2, 0.25) is 0 Å². The van der Waals surface area contributed by atoms with Gasteiger partial charge in [-0.25, -0.2) is 9.78 Å². The number of aryl methyl sites for hydroxylation is 1. The van der Waals surface area contributed by atoms with E-state index in [1.54, 1.807) is 6.92 Å². The van der Waals surface area contributed by atoms with Gasteiger partial charge in [-0.3, -0.25) is 4.99 Å². The topological polar surface area (TPSA) is 75.6 Å². The minimum atomic E-state index is -0.300. The summed E-state index contributed by atoms with van der Waals surface area (Å²) in [6, 6.07) is -0.0367. The van der Waals surface area contributed by atoms with Crippen LogP contribution in [0.2, 0.25) is 0 Å². The lowest BCUT2D eigenvalue weighted by Gasteiger charge is -2.16. The number of guanidine groups is 1. The Hall–Kier alpha value is -1.89. The average molecular weight is 379 g/mol. The molecule has 1 aromatic rings. The molecule has 144 valence electrons. The molecule has 0 saturated heterocycles. The number of carbonyl (C=O) groups excluding carboxylic acids is 1. The Morgan fingerprint density at radius 1 is 1.46 bits per heavy atom. The molecule has 0 fully saturated rings. The van der Waals surface area contributed by atoms with Crippen LogP contribution < -0.4 is 10.6 Å². The van der Waals surface area contributed by atoms with Crippen LogP contribution in [0.15, 0.2) is 16.6 Å². The van der Waals surface area contributed by atoms with Gasteiger partial charge < -0.3 is 15.4 Å². The smallest absolute Gasteiger partial charge is 0.350 e. The molecule has 1 aliphatic carbocycles. The van der Waals surface area contributed by atoms with Crippen LogP contribution in [-0.4, -0.2) is 36.6 Å². The summed E-state index contributed by atoms with van der Waals surface area (Å²) < 4.78 is 5.09. The molecule has 0 amide bonds. The highest BCUT2D eigenvalue weighted by molar-refractivity contribution is 7.13. The summed E-state index contributed by atoms with van der Waals surface area (Å²) in [5.41, 5.74) is 2.24. The van der Waals surface area contributed by atoms with Crippen LogP contribution in [0.5, 0.6) is 0 Å². The average Bonchev–Trinajstić information content (AvgIpc) is 3.25. The van der Waals surface area contributed by atoms with Gasteiger partial charge in [0.05, 0.1) is 18.3 Å². The van der Waals surface area contributed by atoms with Gasteiger partial charge in [-0.05, 0) is 53.4 Å². The fourth-order valence-electron chi connectivity index (χ4n) is 2.85. The molecule has 6 nitrogen and oxygen atoms in total. The van der Waals surface area contributed by atoms with E-state index in [4.69, 9.17) is 4.74 Å². The molecule has 26 heavy (non-hydrogen) atoms. The Bertz CT molecular complexity index is 666. The van der Waals surface area contributed by atoms with Crippen molar-refractivity contribution < 1.29 is 9.53 Å². The van der Waals surface area contributed by atoms with Crippen molar-refractivity contribution in [1.82, 2.24) is 15.6 Å². The second kappa shape index (κ2) is 10.3. The molecule has 1 unspecified atom stereocenters. The minimum absolute atomic E-state index is 0.0367. The molecule has 0 radical (unpaired) electrons. The van der Waals surface area contributed by atoms with Gasteiger partial charge in [-0.2, -0.15) is 0 Å². The number of hydrogen-bond acceptors (Lipinski definition) is 5. The fraction of sp³-hybridized carbons (Fsp3) is 0.632. The molecular formula is C19H30N4O2S. The molecule has 1 aromatic heterocycles. The molecular weight excluding hydrogens is 348 g/mol. The monoisotopic (exact) mass is 378 g/mol. The van der Waals surface area contributed by atoms with Gasteiger partial charge in [0, 0.05) is 13.1 Å². The van der Waals surface area contributed by atoms with Crippen molar-refractivity contribution in [2.45, 2.75) is 59.4 Å². The molecule has 0 bridgehead atoms. The highest BCUT2D eigenvalue weighted by Gasteiger charge is 2.20. The Morgan fingerprint density at radius 3 is 2.92 bits per heavy atom. The number of aliphatic imine (C=N–C) groups is 1. The molecule has 0 spiro atoms. The van der Waals surface area contributed by atoms with Gasteiger partial charge in [0.1, 0.15) is 9.88 Å². The fourth-order valence-corrected chi connectivity index (χ4v) is 3.81. The summed E-state index contributed by atoms with van der Waals surface area (Å²) in [4.78, 5) is 21.8. The predicted molar refractivity (Wildman–Crippen MR) is 107 cm³/mol. The first kappa shape index (κ1) is 20.4. The van der Waals surface area contributed by atoms with Crippen LogP contribution in [-0.2, 0) is 4.74 Å². The Labute approximate surface area is 160 Å². The minimum Gasteiger partial charge on any atom is -0.462 e. The van der Waals surface area contributed by atoms with Gasteiger partial charge in [0.25, 0.3) is 0 Å². The van der Waals surface area contributed by atoms with Crippen molar-refractivity contribution in [2.75, 3.05) is 19.7 Å². The number of nitrogens with zero attached hydrogens (tertiary/aromatic N) is 2. The summed E-state index contributed by atoms with van der Waals surface area (Å²) in [7, 11) is 0. The van der Waals surface area contributed by atoms with Crippen molar-refractivity contribution in [1.29, 1.82) is 0 Å². The number of hydrogen-bond donors (Lipinski definition) is 2. The maximum absolute atomic E-state index is 12.0. The summed E-state index contributed by atoms with van der Waals surface area (Å²) >= 11 is 1.38. The number of ether oxygens (including phenoxy) is 1. The molecule has 1 aliphatic rings. The van der Waals surface area contributed by atoms with E-state index in [0.717, 1.165) is 30.5 Å². The van der Waals surface area contributed by atoms with E-state index in [2.05, 4.69) is 26.7 Å². The third-order valence-corrected chi connectivity index (χ3v) is 5.50. The molecule has 2 rings (SSSR count). The van der Waals surface area contributed by atoms with Crippen LogP contribution in [0.25, 0.3) is 0 Å². The Morgan fingerprint density at radius 2 is 2.27 bits per heavy atom. The van der Waals surface area contributed by atoms with Crippen molar-refractivity contribution in [3.8, 4) is 0 Å². The second-order valence-electron chi connectivity index (χ2n) is 6.32. The normalized spacial score (nSPS) is 15.5. The quantitative estimate of drug-likeness (QED) is 0.312. The van der Waals surface area contributed by atoms with Crippen LogP contribution in [0.1, 0.15) is 72.9 Å². The van der Waals surface area contributed by atoms with Crippen LogP contribution in [0, 0.1) is 6.92 Å². The highest BCUT2D eigenvalue weighted by Crippen LogP contribution is 2.24. The van der Waals surface area contributed by atoms with E-state index in [1.165, 1.54) is 36.2 Å². The van der Waals surface area contributed by atoms with Crippen molar-refractivity contribution in [2.24, 2.45) is 4.99 Å². The van der Waals surface area contributed by atoms with E-state index in [-0.39, 0.29) is 12.0 Å². The SMILES string of the molecule is CCNC(=NCCC1=CCCC1)NC(C)c1nc(C)c(C(=O)OCC)s1. The second-order valence-corrected chi connectivity index (χ2v) is 7.35. The third kappa shape index (κ3) is 5.83. The van der Waals surface area contributed by atoms with E-state index < -0.39 is 0 Å². The zero-order valence-corrected chi connectivity index (χ0v) is 17.0. The number of nitrogens with one attached hydrogen (secondary N) is 2. The van der Waals surface area contributed by atoms with Gasteiger partial charge in [-0.1, -0.05) is 11.6 Å². The first-order valence-electron chi connectivity index (χ1n) is 9.42. The van der Waals surface area contributed by atoms with Gasteiger partial charge >= 0.3 is 5.97 Å². The molecule has 1 atom stereocenters. The molecule has 0 aromatic carbocycles. The molecule has 2 N–H and O–H groups in total. The number of allylic oxidation sites excluding steroid dienone is 1. The highest BCUT2D eigenvalue weighted by atomic mass is 32.1. The Kier molecular flexibility index (Phi) is 8.09. The van der Waals surface area contributed by atoms with Crippen molar-refractivity contribution in [3.05, 3.63) is 27.2 Å². The van der Waals surface area contributed by atoms with Gasteiger partial charge in [-0.15, -0.1) is 11.3 Å². The van der Waals surface area contributed by atoms with E-state index in [0.29, 0.717) is 17.2 Å². The van der Waals surface area contributed by atoms with Crippen molar-refractivity contribution >= 4 is 23.3 Å². The maximum atomic E-state index is 12.0. The zero-order chi connectivity index (χ0) is 18.9. The summed E-state index contributed by atoms with van der Waals surface area (Å²) in [5, 5.41) is 7.52. The lowest BCUT2D eigenvalue weighted by molar-refractivity contribution is 0.0531. The van der Waals surface area contributed by atoms with Crippen LogP contribution >= 0.6 is 11.3 Å². The lowest BCUT2D eigenvalue weighted by Crippen LogP contribution is -2.38. The van der Waals surface area contributed by atoms with Crippen LogP contribution in [0.3, 0.4) is 0 Å². The zero-order valence-electron chi connectivity index (χ0n) is 16.2. The van der Waals surface area contributed by atoms with Crippen molar-refractivity contribution in [3.63, 3.8) is 0 Å². The summed E-state index contributed by atoms with van der Waals surface area (Å²) in [6.45, 7) is 9.67. The largest absolute Gasteiger partial charge is 0.462 e. The van der Waals surface area contributed by atoms with E-state index in [1.807, 2.05) is 20.8 Å². The molecule has 0 saturated carbocycles. The number of esters is 1. The first-order valence-corrected chi connectivity index (χ1v) is 10.2. The number of thiazole rings is 1. The third-order valence-electron chi connectivity index (χ3n) is 4.18. The number of rotatable bonds is 8. The number of carbonyl (C=O) groups is 1. The van der Waals surface area contributed by atoms with E-state index in [9.17, 15) is 4.79 Å². The predicted octanol–water partition coefficient (Wildman–Crippen LogP) is 3.74. The maximum Gasteiger partial charge on any atom is 0.350 e.